The third-order valence-corrected chi connectivity index (χ3v) is 4.94. The van der Waals surface area contributed by atoms with Crippen LogP contribution in [0, 0.1) is 27.7 Å². The summed E-state index contributed by atoms with van der Waals surface area (Å²) in [6, 6.07) is 0. The lowest BCUT2D eigenvalue weighted by Crippen LogP contribution is -2.06. The second-order valence-electron chi connectivity index (χ2n) is 4.03. The summed E-state index contributed by atoms with van der Waals surface area (Å²) in [6.45, 7) is 6.72. The number of nitrogens with one attached hydrogen (secondary N) is 2. The number of aryl methyl sites for hydroxylation is 4. The minimum absolute atomic E-state index is 0.241. The van der Waals surface area contributed by atoms with Crippen LogP contribution in [0.3, 0.4) is 0 Å². The van der Waals surface area contributed by atoms with E-state index in [1.165, 1.54) is 0 Å². The monoisotopic (exact) mass is 254 g/mol. The lowest BCUT2D eigenvalue weighted by molar-refractivity contribution is 0.594. The summed E-state index contributed by atoms with van der Waals surface area (Å²) in [5, 5.41) is 13.2. The zero-order valence-corrected chi connectivity index (χ0v) is 10.9. The predicted octanol–water partition coefficient (Wildman–Crippen LogP) is 1.20. The van der Waals surface area contributed by atoms with Crippen LogP contribution in [-0.2, 0) is 9.84 Å². The molecule has 0 spiro atoms. The minimum atomic E-state index is -3.56. The molecule has 0 saturated heterocycles. The van der Waals surface area contributed by atoms with Gasteiger partial charge in [-0.25, -0.2) is 8.42 Å². The molecule has 2 aromatic rings. The predicted molar refractivity (Wildman–Crippen MR) is 61.6 cm³/mol. The smallest absolute Gasteiger partial charge is 0.213 e. The van der Waals surface area contributed by atoms with E-state index >= 15 is 0 Å². The van der Waals surface area contributed by atoms with E-state index in [0.29, 0.717) is 22.8 Å². The zero-order valence-electron chi connectivity index (χ0n) is 10.1. The van der Waals surface area contributed by atoms with E-state index in [1.807, 2.05) is 0 Å². The first-order valence-electron chi connectivity index (χ1n) is 5.14. The van der Waals surface area contributed by atoms with Crippen molar-refractivity contribution < 1.29 is 8.42 Å². The second-order valence-corrected chi connectivity index (χ2v) is 5.85. The summed E-state index contributed by atoms with van der Waals surface area (Å²) in [6.07, 6.45) is 0. The summed E-state index contributed by atoms with van der Waals surface area (Å²) < 4.78 is 25.0. The fourth-order valence-electron chi connectivity index (χ4n) is 1.98. The van der Waals surface area contributed by atoms with E-state index in [1.54, 1.807) is 27.7 Å². The van der Waals surface area contributed by atoms with Crippen molar-refractivity contribution in [3.8, 4) is 0 Å². The van der Waals surface area contributed by atoms with Crippen LogP contribution < -0.4 is 0 Å². The third-order valence-electron chi connectivity index (χ3n) is 2.66. The van der Waals surface area contributed by atoms with Gasteiger partial charge in [0.15, 0.2) is 0 Å². The van der Waals surface area contributed by atoms with Gasteiger partial charge in [-0.15, -0.1) is 0 Å². The Bertz CT molecular complexity index is 575. The average Bonchev–Trinajstić information content (AvgIpc) is 2.71. The normalized spacial score (nSPS) is 12.0. The molecule has 2 N–H and O–H groups in total. The van der Waals surface area contributed by atoms with Gasteiger partial charge in [0, 0.05) is 0 Å². The highest BCUT2D eigenvalue weighted by Crippen LogP contribution is 2.28. The van der Waals surface area contributed by atoms with Crippen LogP contribution in [0.5, 0.6) is 0 Å². The van der Waals surface area contributed by atoms with Gasteiger partial charge in [-0.05, 0) is 27.7 Å². The number of aromatic nitrogens is 4. The van der Waals surface area contributed by atoms with Crippen LogP contribution in [0.15, 0.2) is 9.79 Å². The molecule has 2 heterocycles. The van der Waals surface area contributed by atoms with Gasteiger partial charge in [-0.3, -0.25) is 10.2 Å². The van der Waals surface area contributed by atoms with Gasteiger partial charge in [-0.1, -0.05) is 0 Å². The number of sulfone groups is 1. The number of hydrogen-bond donors (Lipinski definition) is 2. The molecule has 0 unspecified atom stereocenters. The van der Waals surface area contributed by atoms with Gasteiger partial charge < -0.3 is 0 Å². The largest absolute Gasteiger partial charge is 0.281 e. The van der Waals surface area contributed by atoms with Crippen molar-refractivity contribution >= 4 is 9.84 Å². The lowest BCUT2D eigenvalue weighted by Gasteiger charge is -2.04. The van der Waals surface area contributed by atoms with Crippen molar-refractivity contribution in [2.24, 2.45) is 0 Å². The topological polar surface area (TPSA) is 91.5 Å². The number of hydrogen-bond acceptors (Lipinski definition) is 4. The third kappa shape index (κ3) is 1.66. The summed E-state index contributed by atoms with van der Waals surface area (Å²) >= 11 is 0. The maximum absolute atomic E-state index is 12.5. The summed E-state index contributed by atoms with van der Waals surface area (Å²) in [5.74, 6) is 0. The van der Waals surface area contributed by atoms with Crippen LogP contribution >= 0.6 is 0 Å². The highest BCUT2D eigenvalue weighted by atomic mass is 32.2. The average molecular weight is 254 g/mol. The standard InChI is InChI=1S/C10H14N4O2S/c1-5-9(6(2)12-11-5)17(15,16)10-7(3)13-14-8(10)4/h1-4H3,(H,11,12)(H,13,14). The SMILES string of the molecule is Cc1n[nH]c(C)c1S(=O)(=O)c1c(C)n[nH]c1C. The first-order valence-corrected chi connectivity index (χ1v) is 6.62. The Morgan fingerprint density at radius 1 is 0.824 bits per heavy atom. The highest BCUT2D eigenvalue weighted by Gasteiger charge is 2.29. The number of nitrogens with zero attached hydrogens (tertiary/aromatic N) is 2. The Labute approximate surface area is 99.4 Å². The van der Waals surface area contributed by atoms with Crippen molar-refractivity contribution in [1.82, 2.24) is 20.4 Å². The van der Waals surface area contributed by atoms with E-state index in [4.69, 9.17) is 0 Å². The molecule has 0 aliphatic heterocycles. The number of H-pyrrole nitrogens is 2. The Morgan fingerprint density at radius 3 is 1.41 bits per heavy atom. The molecule has 0 aromatic carbocycles. The Hall–Kier alpha value is -1.63. The van der Waals surface area contributed by atoms with E-state index in [2.05, 4.69) is 20.4 Å². The molecule has 17 heavy (non-hydrogen) atoms. The molecule has 0 saturated carbocycles. The van der Waals surface area contributed by atoms with Crippen molar-refractivity contribution in [3.63, 3.8) is 0 Å². The molecule has 6 nitrogen and oxygen atoms in total. The van der Waals surface area contributed by atoms with E-state index < -0.39 is 9.84 Å². The molecular weight excluding hydrogens is 240 g/mol. The van der Waals surface area contributed by atoms with Crippen molar-refractivity contribution in [2.45, 2.75) is 37.5 Å². The summed E-state index contributed by atoms with van der Waals surface area (Å²) in [7, 11) is -3.56. The van der Waals surface area contributed by atoms with Crippen molar-refractivity contribution in [3.05, 3.63) is 22.8 Å². The maximum atomic E-state index is 12.5. The number of rotatable bonds is 2. The van der Waals surface area contributed by atoms with Gasteiger partial charge in [0.1, 0.15) is 9.79 Å². The van der Waals surface area contributed by atoms with Crippen molar-refractivity contribution in [1.29, 1.82) is 0 Å². The Kier molecular flexibility index (Phi) is 2.57. The van der Waals surface area contributed by atoms with Crippen molar-refractivity contribution in [2.75, 3.05) is 0 Å². The van der Waals surface area contributed by atoms with E-state index in [-0.39, 0.29) is 9.79 Å². The summed E-state index contributed by atoms with van der Waals surface area (Å²) in [4.78, 5) is 0.482. The van der Waals surface area contributed by atoms with Crippen LogP contribution in [-0.4, -0.2) is 28.8 Å². The molecule has 0 atom stereocenters. The van der Waals surface area contributed by atoms with Gasteiger partial charge in [0.05, 0.1) is 22.8 Å². The Balaban J connectivity index is 2.75. The second kappa shape index (κ2) is 3.69. The quantitative estimate of drug-likeness (QED) is 0.842. The van der Waals surface area contributed by atoms with Crippen LogP contribution in [0.1, 0.15) is 22.8 Å². The van der Waals surface area contributed by atoms with E-state index in [0.717, 1.165) is 0 Å². The van der Waals surface area contributed by atoms with Gasteiger partial charge in [0.25, 0.3) is 0 Å². The molecule has 0 aliphatic carbocycles. The first-order chi connectivity index (χ1) is 7.85. The molecule has 2 aromatic heterocycles. The maximum Gasteiger partial charge on any atom is 0.213 e. The van der Waals surface area contributed by atoms with Crippen LogP contribution in [0.2, 0.25) is 0 Å². The number of aromatic amines is 2. The minimum Gasteiger partial charge on any atom is -0.281 e. The summed E-state index contributed by atoms with van der Waals surface area (Å²) in [5.41, 5.74) is 2.04. The van der Waals surface area contributed by atoms with E-state index in [9.17, 15) is 8.42 Å². The highest BCUT2D eigenvalue weighted by molar-refractivity contribution is 7.91. The van der Waals surface area contributed by atoms with Crippen LogP contribution in [0.4, 0.5) is 0 Å². The fourth-order valence-corrected chi connectivity index (χ4v) is 3.95. The van der Waals surface area contributed by atoms with Gasteiger partial charge in [0.2, 0.25) is 9.84 Å². The molecule has 0 amide bonds. The molecule has 92 valence electrons. The molecule has 0 bridgehead atoms. The first kappa shape index (κ1) is 11.8. The molecule has 7 heteroatoms. The van der Waals surface area contributed by atoms with Gasteiger partial charge >= 0.3 is 0 Å². The molecule has 0 aliphatic rings. The molecule has 0 fully saturated rings. The van der Waals surface area contributed by atoms with Gasteiger partial charge in [-0.2, -0.15) is 10.2 Å². The molecular formula is C10H14N4O2S. The lowest BCUT2D eigenvalue weighted by atomic mass is 10.4. The Morgan fingerprint density at radius 2 is 1.18 bits per heavy atom. The molecule has 2 rings (SSSR count). The zero-order chi connectivity index (χ0) is 12.8. The fraction of sp³-hybridized carbons (Fsp3) is 0.400. The van der Waals surface area contributed by atoms with Crippen LogP contribution in [0.25, 0.3) is 0 Å². The molecule has 0 radical (unpaired) electrons.